The number of methoxy groups -OCH3 is 4. The van der Waals surface area contributed by atoms with Gasteiger partial charge in [0.15, 0.2) is 0 Å². The van der Waals surface area contributed by atoms with E-state index < -0.39 is 29.3 Å². The average Bonchev–Trinajstić information content (AvgIpc) is 3.44. The van der Waals surface area contributed by atoms with Crippen LogP contribution in [0.25, 0.3) is 22.3 Å². The minimum Gasteiger partial charge on any atom is -0.497 e. The van der Waals surface area contributed by atoms with E-state index in [2.05, 4.69) is 43.0 Å². The van der Waals surface area contributed by atoms with Crippen molar-refractivity contribution in [2.24, 2.45) is 10.8 Å². The van der Waals surface area contributed by atoms with Gasteiger partial charge in [-0.05, 0) is 82.9 Å². The van der Waals surface area contributed by atoms with Crippen molar-refractivity contribution in [3.63, 3.8) is 0 Å². The van der Waals surface area contributed by atoms with Crippen LogP contribution in [-0.2, 0) is 14.2 Å². The molecule has 0 amide bonds. The van der Waals surface area contributed by atoms with Crippen LogP contribution in [0.1, 0.15) is 71.7 Å². The van der Waals surface area contributed by atoms with Gasteiger partial charge in [0.25, 0.3) is 0 Å². The fraction of sp³-hybridized carbons (Fsp3) is 0.333. The lowest BCUT2D eigenvalue weighted by molar-refractivity contribution is 0.0585. The summed E-state index contributed by atoms with van der Waals surface area (Å²) in [5, 5.41) is 10.9. The summed E-state index contributed by atoms with van der Waals surface area (Å²) in [6, 6.07) is 18.8. The van der Waals surface area contributed by atoms with E-state index in [0.717, 1.165) is 5.56 Å². The quantitative estimate of drug-likeness (QED) is 0.0730. The molecule has 0 bridgehead atoms. The molecule has 53 heavy (non-hydrogen) atoms. The summed E-state index contributed by atoms with van der Waals surface area (Å²) >= 11 is 2.38. The first-order valence-electron chi connectivity index (χ1n) is 16.7. The largest absolute Gasteiger partial charge is 0.497 e. The number of esters is 2. The van der Waals surface area contributed by atoms with Crippen LogP contribution < -0.4 is 9.47 Å². The highest BCUT2D eigenvalue weighted by Gasteiger charge is 2.45. The first-order chi connectivity index (χ1) is 25.0. The number of ether oxygens (including phenoxy) is 5. The Morgan fingerprint density at radius 1 is 0.830 bits per heavy atom. The van der Waals surface area contributed by atoms with Gasteiger partial charge in [-0.3, -0.25) is 0 Å². The molecule has 1 aliphatic heterocycles. The van der Waals surface area contributed by atoms with Gasteiger partial charge in [0.2, 0.25) is 0 Å². The predicted molar refractivity (Wildman–Crippen MR) is 209 cm³/mol. The average molecular weight is 843 g/mol. The Morgan fingerprint density at radius 2 is 1.32 bits per heavy atom. The minimum atomic E-state index is -1.01. The van der Waals surface area contributed by atoms with Crippen LogP contribution in [0.5, 0.6) is 11.5 Å². The monoisotopic (exact) mass is 842 g/mol. The summed E-state index contributed by atoms with van der Waals surface area (Å²) in [5.74, 6) is -0.732. The van der Waals surface area contributed by atoms with E-state index >= 15 is 0 Å². The van der Waals surface area contributed by atoms with Gasteiger partial charge in [-0.15, -0.1) is 6.58 Å². The van der Waals surface area contributed by atoms with E-state index in [9.17, 15) is 23.5 Å². The molecule has 5 rings (SSSR count). The van der Waals surface area contributed by atoms with Crippen LogP contribution in [0.3, 0.4) is 0 Å². The highest BCUT2D eigenvalue weighted by atomic mass is 127. The van der Waals surface area contributed by atoms with Gasteiger partial charge in [-0.25, -0.2) is 18.4 Å². The van der Waals surface area contributed by atoms with Crippen LogP contribution in [0.15, 0.2) is 85.5 Å². The highest BCUT2D eigenvalue weighted by Crippen LogP contribution is 2.51. The summed E-state index contributed by atoms with van der Waals surface area (Å²) in [6.07, 6.45) is 0.337. The molecule has 0 aromatic heterocycles. The summed E-state index contributed by atoms with van der Waals surface area (Å²) in [4.78, 5) is 24.0. The van der Waals surface area contributed by atoms with Gasteiger partial charge in [-0.2, -0.15) is 0 Å². The van der Waals surface area contributed by atoms with Crippen LogP contribution in [0.4, 0.5) is 8.78 Å². The number of carbonyl (C=O) groups excluding carboxylic acids is 2. The molecule has 282 valence electrons. The maximum atomic E-state index is 14.7. The molecule has 0 saturated carbocycles. The molecule has 1 saturated heterocycles. The SMILES string of the molecule is C=CC(C)(C)C(O)c1cc(C(=O)OC)ccc1-c1cc(OC)ccc1F.COC(=O)c1ccc(-c2cc(OC)ccc2F)c(C2OCC(I)C2(C)C)c1. The molecule has 1 aliphatic rings. The van der Waals surface area contributed by atoms with E-state index in [-0.39, 0.29) is 28.5 Å². The third-order valence-electron chi connectivity index (χ3n) is 9.57. The summed E-state index contributed by atoms with van der Waals surface area (Å²) in [5.41, 5.74) is 2.83. The zero-order valence-electron chi connectivity index (χ0n) is 31.1. The molecule has 4 aromatic carbocycles. The van der Waals surface area contributed by atoms with Crippen LogP contribution in [-0.4, -0.2) is 56.0 Å². The lowest BCUT2D eigenvalue weighted by atomic mass is 9.79. The topological polar surface area (TPSA) is 101 Å². The molecule has 1 N–H and O–H groups in total. The fourth-order valence-corrected chi connectivity index (χ4v) is 6.54. The smallest absolute Gasteiger partial charge is 0.337 e. The molecular formula is C42H45F2IO8. The lowest BCUT2D eigenvalue weighted by Crippen LogP contribution is -2.25. The zero-order chi connectivity index (χ0) is 39.2. The summed E-state index contributed by atoms with van der Waals surface area (Å²) < 4.78 is 55.6. The lowest BCUT2D eigenvalue weighted by Gasteiger charge is -2.30. The number of hydrogen-bond acceptors (Lipinski definition) is 8. The number of hydrogen-bond donors (Lipinski definition) is 1. The van der Waals surface area contributed by atoms with Crippen LogP contribution in [0.2, 0.25) is 0 Å². The molecule has 8 nitrogen and oxygen atoms in total. The normalized spacial score (nSPS) is 16.8. The van der Waals surface area contributed by atoms with Crippen LogP contribution >= 0.6 is 22.6 Å². The summed E-state index contributed by atoms with van der Waals surface area (Å²) in [6.45, 7) is 12.2. The van der Waals surface area contributed by atoms with E-state index in [1.807, 2.05) is 0 Å². The first-order valence-corrected chi connectivity index (χ1v) is 18.0. The standard InChI is InChI=1S/C21H22FIO4.C21H23FO4/c1-21(2)18(23)11-27-19(21)16-9-12(20(24)26-4)5-7-14(16)15-10-13(25-3)6-8-17(15)22;1-6-21(2,3)19(23)17-11-13(20(24)26-5)7-9-15(17)16-12-14(25-4)8-10-18(16)22/h5-10,18-19H,11H2,1-4H3;6-12,19,23H,1H2,2-5H3. The molecule has 1 fully saturated rings. The van der Waals surface area contributed by atoms with E-state index in [0.29, 0.717) is 49.8 Å². The second kappa shape index (κ2) is 17.2. The first kappa shape index (κ1) is 41.4. The molecule has 4 aromatic rings. The van der Waals surface area contributed by atoms with Crippen molar-refractivity contribution < 1.29 is 47.2 Å². The third kappa shape index (κ3) is 8.90. The Balaban J connectivity index is 0.000000237. The van der Waals surface area contributed by atoms with Gasteiger partial charge < -0.3 is 28.8 Å². The highest BCUT2D eigenvalue weighted by molar-refractivity contribution is 14.1. The number of aliphatic hydroxyl groups excluding tert-OH is 1. The van der Waals surface area contributed by atoms with Gasteiger partial charge in [0.1, 0.15) is 23.1 Å². The second-order valence-corrected chi connectivity index (χ2v) is 15.2. The maximum absolute atomic E-state index is 14.7. The number of rotatable bonds is 10. The number of benzene rings is 4. The van der Waals surface area contributed by atoms with Crippen molar-refractivity contribution >= 4 is 34.5 Å². The Morgan fingerprint density at radius 3 is 1.77 bits per heavy atom. The fourth-order valence-electron chi connectivity index (χ4n) is 6.00. The number of halogens is 3. The molecule has 3 atom stereocenters. The molecule has 0 spiro atoms. The second-order valence-electron chi connectivity index (χ2n) is 13.7. The van der Waals surface area contributed by atoms with E-state index in [1.54, 1.807) is 69.5 Å². The predicted octanol–water partition coefficient (Wildman–Crippen LogP) is 9.72. The summed E-state index contributed by atoms with van der Waals surface area (Å²) in [7, 11) is 5.66. The minimum absolute atomic E-state index is 0.181. The number of carbonyl (C=O) groups is 2. The molecule has 3 unspecified atom stereocenters. The zero-order valence-corrected chi connectivity index (χ0v) is 33.2. The third-order valence-corrected chi connectivity index (χ3v) is 11.5. The Kier molecular flexibility index (Phi) is 13.5. The number of alkyl halides is 1. The van der Waals surface area contributed by atoms with Crippen molar-refractivity contribution in [2.75, 3.05) is 35.0 Å². The van der Waals surface area contributed by atoms with Crippen molar-refractivity contribution in [1.29, 1.82) is 0 Å². The molecule has 0 radical (unpaired) electrons. The molecular weight excluding hydrogens is 797 g/mol. The van der Waals surface area contributed by atoms with E-state index in [1.165, 1.54) is 51.7 Å². The number of aliphatic hydroxyl groups is 1. The molecule has 1 heterocycles. The van der Waals surface area contributed by atoms with Crippen molar-refractivity contribution in [2.45, 2.75) is 43.8 Å². The van der Waals surface area contributed by atoms with Gasteiger partial charge in [-0.1, -0.05) is 68.5 Å². The maximum Gasteiger partial charge on any atom is 0.337 e. The van der Waals surface area contributed by atoms with Crippen LogP contribution in [0, 0.1) is 22.5 Å². The van der Waals surface area contributed by atoms with Crippen molar-refractivity contribution in [1.82, 2.24) is 0 Å². The molecule has 0 aliphatic carbocycles. The van der Waals surface area contributed by atoms with Crippen molar-refractivity contribution in [3.05, 3.63) is 119 Å². The Bertz CT molecular complexity index is 1970. The Labute approximate surface area is 323 Å². The molecule has 11 heteroatoms. The van der Waals surface area contributed by atoms with E-state index in [4.69, 9.17) is 23.7 Å². The van der Waals surface area contributed by atoms with Gasteiger partial charge >= 0.3 is 11.9 Å². The van der Waals surface area contributed by atoms with Gasteiger partial charge in [0.05, 0.1) is 58.4 Å². The Hall–Kier alpha value is -4.33. The van der Waals surface area contributed by atoms with Crippen molar-refractivity contribution in [3.8, 4) is 33.8 Å². The van der Waals surface area contributed by atoms with Gasteiger partial charge in [0, 0.05) is 25.9 Å².